The van der Waals surface area contributed by atoms with Crippen LogP contribution in [0.1, 0.15) is 47.5 Å². The van der Waals surface area contributed by atoms with Gasteiger partial charge < -0.3 is 23.9 Å². The number of carboxylic acid groups (broad SMARTS) is 1. The number of allylic oxidation sites excluding steroid dienone is 1. The third-order valence-electron chi connectivity index (χ3n) is 8.04. The Kier molecular flexibility index (Phi) is 8.46. The molecule has 2 saturated heterocycles. The van der Waals surface area contributed by atoms with Crippen LogP contribution in [0, 0.1) is 11.3 Å². The molecule has 3 heterocycles. The molecule has 0 spiro atoms. The number of β-lactam (4-membered cyclic amide) rings is 1. The van der Waals surface area contributed by atoms with Gasteiger partial charge >= 0.3 is 12.1 Å². The predicted octanol–water partition coefficient (Wildman–Crippen LogP) is 3.72. The number of ether oxygens (including phenoxy) is 2. The van der Waals surface area contributed by atoms with Crippen LogP contribution >= 0.6 is 0 Å². The molecule has 0 saturated carbocycles. The van der Waals surface area contributed by atoms with Gasteiger partial charge in [-0.15, -0.1) is 0 Å². The van der Waals surface area contributed by atoms with Gasteiger partial charge in [0.2, 0.25) is 5.91 Å². The Bertz CT molecular complexity index is 1010. The summed E-state index contributed by atoms with van der Waals surface area (Å²) in [6.07, 6.45) is 3.78. The number of rotatable bonds is 9. The number of carboxylic acids is 1. The molecule has 0 bridgehead atoms. The maximum atomic E-state index is 13.5. The molecule has 0 aromatic carbocycles. The highest BCUT2D eigenvalue weighted by Gasteiger charge is 2.64. The highest BCUT2D eigenvalue weighted by atomic mass is 28.3. The van der Waals surface area contributed by atoms with Crippen LogP contribution in [-0.2, 0) is 23.5 Å². The van der Waals surface area contributed by atoms with Crippen LogP contribution in [0.5, 0.6) is 0 Å². The lowest BCUT2D eigenvalue weighted by molar-refractivity contribution is -0.180. The van der Waals surface area contributed by atoms with Gasteiger partial charge in [0.15, 0.2) is 9.04 Å². The summed E-state index contributed by atoms with van der Waals surface area (Å²) in [5.41, 5.74) is 0.342. The smallest absolute Gasteiger partial charge is 0.410 e. The van der Waals surface area contributed by atoms with Crippen LogP contribution in [0.2, 0.25) is 13.1 Å². The van der Waals surface area contributed by atoms with Crippen LogP contribution in [0.4, 0.5) is 4.79 Å². The molecular weight excluding hydrogens is 492 g/mol. The number of nitrogens with zero attached hydrogens (tertiary/aromatic N) is 2. The van der Waals surface area contributed by atoms with Gasteiger partial charge in [-0.2, -0.15) is 0 Å². The van der Waals surface area contributed by atoms with Crippen molar-refractivity contribution in [3.8, 4) is 0 Å². The number of carbonyl (C=O) groups is 3. The number of likely N-dealkylation sites (tertiary alicyclic amines) is 1. The summed E-state index contributed by atoms with van der Waals surface area (Å²) in [6, 6.07) is -0.599. The van der Waals surface area contributed by atoms with Gasteiger partial charge in [-0.1, -0.05) is 39.5 Å². The van der Waals surface area contributed by atoms with Crippen molar-refractivity contribution in [1.29, 1.82) is 0 Å². The zero-order valence-corrected chi connectivity index (χ0v) is 24.5. The predicted molar refractivity (Wildman–Crippen MR) is 142 cm³/mol. The number of hydrogen-bond donors (Lipinski definition) is 1. The van der Waals surface area contributed by atoms with Crippen molar-refractivity contribution in [2.24, 2.45) is 11.3 Å². The van der Waals surface area contributed by atoms with Crippen LogP contribution in [-0.4, -0.2) is 86.0 Å². The van der Waals surface area contributed by atoms with E-state index in [2.05, 4.69) is 40.4 Å². The molecule has 1 N–H and O–H groups in total. The van der Waals surface area contributed by atoms with Gasteiger partial charge in [0.1, 0.15) is 12.3 Å². The molecule has 2 fully saturated rings. The van der Waals surface area contributed by atoms with E-state index in [9.17, 15) is 19.5 Å². The Morgan fingerprint density at radius 3 is 2.41 bits per heavy atom. The van der Waals surface area contributed by atoms with Crippen molar-refractivity contribution in [2.75, 3.05) is 20.3 Å². The minimum absolute atomic E-state index is 0.0279. The lowest BCUT2D eigenvalue weighted by Gasteiger charge is -2.57. The van der Waals surface area contributed by atoms with Crippen molar-refractivity contribution in [1.82, 2.24) is 9.80 Å². The molecule has 0 aliphatic carbocycles. The highest BCUT2D eigenvalue weighted by Crippen LogP contribution is 2.54. The second-order valence-electron chi connectivity index (χ2n) is 11.6. The van der Waals surface area contributed by atoms with Crippen molar-refractivity contribution in [3.05, 3.63) is 35.6 Å². The molecule has 37 heavy (non-hydrogen) atoms. The molecule has 2 amide bonds. The molecule has 0 aromatic heterocycles. The van der Waals surface area contributed by atoms with E-state index in [0.717, 1.165) is 5.57 Å². The zero-order valence-electron chi connectivity index (χ0n) is 23.4. The van der Waals surface area contributed by atoms with E-state index in [-0.39, 0.29) is 41.8 Å². The highest BCUT2D eigenvalue weighted by molar-refractivity contribution is 6.48. The van der Waals surface area contributed by atoms with Gasteiger partial charge in [-0.05, 0) is 56.3 Å². The Labute approximate surface area is 221 Å². The molecular formula is C27H42N2O7Si. The summed E-state index contributed by atoms with van der Waals surface area (Å²) < 4.78 is 17.3. The number of hydrogen-bond acceptors (Lipinski definition) is 6. The maximum Gasteiger partial charge on any atom is 0.410 e. The van der Waals surface area contributed by atoms with Crippen LogP contribution in [0.25, 0.3) is 0 Å². The number of methoxy groups -OCH3 is 1. The zero-order chi connectivity index (χ0) is 27.9. The Morgan fingerprint density at radius 1 is 1.24 bits per heavy atom. The first kappa shape index (κ1) is 29.1. The first-order chi connectivity index (χ1) is 17.2. The molecule has 206 valence electrons. The quantitative estimate of drug-likeness (QED) is 0.273. The lowest BCUT2D eigenvalue weighted by Crippen LogP contribution is -2.70. The SMILES string of the molecule is C=CCOC(=O)N1C[C@@H](OC)C[C@H]1/C=C(\C)C1=C(C(=O)O)N2C(=O)[C@H]([C@@](C)(O[SiH](C)C)C(C)(C)C)[C@H]2C1. The molecule has 3 aliphatic rings. The Hall–Kier alpha value is -2.43. The van der Waals surface area contributed by atoms with Gasteiger partial charge in [0, 0.05) is 7.11 Å². The van der Waals surface area contributed by atoms with E-state index in [0.29, 0.717) is 25.0 Å². The molecule has 0 unspecified atom stereocenters. The lowest BCUT2D eigenvalue weighted by atomic mass is 9.63. The van der Waals surface area contributed by atoms with Crippen molar-refractivity contribution in [3.63, 3.8) is 0 Å². The topological polar surface area (TPSA) is 106 Å². The number of carbonyl (C=O) groups excluding carboxylic acids is 2. The summed E-state index contributed by atoms with van der Waals surface area (Å²) in [6.45, 7) is 18.3. The van der Waals surface area contributed by atoms with E-state index in [4.69, 9.17) is 13.9 Å². The van der Waals surface area contributed by atoms with E-state index < -0.39 is 32.6 Å². The normalized spacial score (nSPS) is 27.8. The molecule has 0 radical (unpaired) electrons. The maximum absolute atomic E-state index is 13.5. The summed E-state index contributed by atoms with van der Waals surface area (Å²) >= 11 is 0. The summed E-state index contributed by atoms with van der Waals surface area (Å²) in [7, 11) is 0.0976. The number of aliphatic carboxylic acids is 1. The van der Waals surface area contributed by atoms with E-state index >= 15 is 0 Å². The van der Waals surface area contributed by atoms with Gasteiger partial charge in [-0.25, -0.2) is 9.59 Å². The number of fused-ring (bicyclic) bond motifs is 1. The standard InChI is InChI=1S/C27H42N2O7Si/c1-10-11-35-25(33)28-15-18(34-7)13-17(28)12-16(2)19-14-20-21(23(30)29(20)22(19)24(31)32)27(6,26(3,4)5)36-37(8)9/h10,12,17-18,20-21,37H,1,11,13-15H2,2-9H3,(H,31,32)/b16-12+/t17-,18+,20-,21-,27-/m1/s1. The molecule has 3 aliphatic heterocycles. The van der Waals surface area contributed by atoms with Gasteiger partial charge in [0.05, 0.1) is 36.3 Å². The van der Waals surface area contributed by atoms with Gasteiger partial charge in [0.25, 0.3) is 0 Å². The van der Waals surface area contributed by atoms with Crippen LogP contribution in [0.15, 0.2) is 35.6 Å². The first-order valence-electron chi connectivity index (χ1n) is 12.9. The van der Waals surface area contributed by atoms with Crippen molar-refractivity contribution in [2.45, 2.75) is 84.3 Å². The second-order valence-corrected chi connectivity index (χ2v) is 14.0. The summed E-state index contributed by atoms with van der Waals surface area (Å²) in [5, 5.41) is 10.1. The second kappa shape index (κ2) is 10.7. The monoisotopic (exact) mass is 534 g/mol. The molecule has 3 rings (SSSR count). The molecule has 10 heteroatoms. The van der Waals surface area contributed by atoms with E-state index in [1.807, 2.05) is 19.9 Å². The Balaban J connectivity index is 1.94. The molecule has 9 nitrogen and oxygen atoms in total. The fourth-order valence-electron chi connectivity index (χ4n) is 5.84. The first-order valence-corrected chi connectivity index (χ1v) is 15.7. The van der Waals surface area contributed by atoms with Crippen molar-refractivity contribution < 1.29 is 33.4 Å². The van der Waals surface area contributed by atoms with E-state index in [1.54, 1.807) is 12.0 Å². The van der Waals surface area contributed by atoms with Crippen molar-refractivity contribution >= 4 is 27.0 Å². The summed E-state index contributed by atoms with van der Waals surface area (Å²) in [5.74, 6) is -1.76. The van der Waals surface area contributed by atoms with Crippen LogP contribution in [0.3, 0.4) is 0 Å². The number of amides is 2. The van der Waals surface area contributed by atoms with E-state index in [1.165, 1.54) is 11.0 Å². The Morgan fingerprint density at radius 2 is 1.89 bits per heavy atom. The third-order valence-corrected chi connectivity index (χ3v) is 9.00. The third kappa shape index (κ3) is 5.28. The summed E-state index contributed by atoms with van der Waals surface area (Å²) in [4.78, 5) is 41.6. The van der Waals surface area contributed by atoms with Crippen LogP contribution < -0.4 is 0 Å². The fraction of sp³-hybridized carbons (Fsp3) is 0.667. The largest absolute Gasteiger partial charge is 0.477 e. The average molecular weight is 535 g/mol. The molecule has 0 aromatic rings. The fourth-order valence-corrected chi connectivity index (χ4v) is 7.32. The van der Waals surface area contributed by atoms with Gasteiger partial charge in [-0.3, -0.25) is 9.69 Å². The minimum atomic E-state index is -1.50. The molecule has 5 atom stereocenters. The minimum Gasteiger partial charge on any atom is -0.477 e. The average Bonchev–Trinajstić information content (AvgIpc) is 3.35.